The maximum absolute atomic E-state index is 13.6. The highest BCUT2D eigenvalue weighted by Crippen LogP contribution is 2.45. The largest absolute Gasteiger partial charge is 0.474 e. The van der Waals surface area contributed by atoms with Gasteiger partial charge in [-0.15, -0.1) is 0 Å². The Bertz CT molecular complexity index is 1680. The first-order chi connectivity index (χ1) is 21.5. The molecule has 14 heteroatoms. The standard InChI is InChI=1S/C31H36F3N9O2/c1-29(2,18-44)39-15-20-11-25(31(32,33)34)41-26(12-20)45-23-4-9-42(10-5-23)22-13-30(14-22,6-7-35)43-17-21(16-40-43)27-24-3-8-36-28(24)38-19-37-27/h3,8,11-12,16-17,19,22-23,39,44H,4-6,9-10,13-15,18H2,1-2H3,(H,36,37,38)/t22-,30+. The zero-order valence-corrected chi connectivity index (χ0v) is 25.2. The van der Waals surface area contributed by atoms with Crippen molar-refractivity contribution in [3.05, 3.63) is 54.4 Å². The van der Waals surface area contributed by atoms with Crippen LogP contribution in [0.2, 0.25) is 0 Å². The van der Waals surface area contributed by atoms with Crippen LogP contribution >= 0.6 is 0 Å². The number of aromatic nitrogens is 6. The van der Waals surface area contributed by atoms with E-state index in [2.05, 4.69) is 41.3 Å². The predicted molar refractivity (Wildman–Crippen MR) is 159 cm³/mol. The smallest absolute Gasteiger partial charge is 0.433 e. The zero-order valence-electron chi connectivity index (χ0n) is 25.2. The molecule has 238 valence electrons. The quantitative estimate of drug-likeness (QED) is 0.234. The molecular weight excluding hydrogens is 587 g/mol. The molecule has 2 aliphatic rings. The van der Waals surface area contributed by atoms with Gasteiger partial charge in [-0.05, 0) is 57.2 Å². The molecule has 0 radical (unpaired) electrons. The van der Waals surface area contributed by atoms with Crippen LogP contribution in [0.3, 0.4) is 0 Å². The minimum atomic E-state index is -4.61. The van der Waals surface area contributed by atoms with Crippen LogP contribution in [0.4, 0.5) is 13.2 Å². The monoisotopic (exact) mass is 623 g/mol. The van der Waals surface area contributed by atoms with E-state index in [1.165, 1.54) is 12.4 Å². The second kappa shape index (κ2) is 12.0. The third kappa shape index (κ3) is 6.51. The molecule has 45 heavy (non-hydrogen) atoms. The Morgan fingerprint density at radius 3 is 2.69 bits per heavy atom. The molecule has 1 saturated carbocycles. The van der Waals surface area contributed by atoms with E-state index in [0.717, 1.165) is 54.3 Å². The molecule has 0 aromatic carbocycles. The number of piperidine rings is 1. The maximum Gasteiger partial charge on any atom is 0.433 e. The van der Waals surface area contributed by atoms with Gasteiger partial charge in [0.25, 0.3) is 0 Å². The van der Waals surface area contributed by atoms with Crippen molar-refractivity contribution in [3.8, 4) is 23.2 Å². The van der Waals surface area contributed by atoms with Gasteiger partial charge in [-0.25, -0.2) is 15.0 Å². The van der Waals surface area contributed by atoms with Crippen LogP contribution < -0.4 is 10.1 Å². The number of nitrogens with zero attached hydrogens (tertiary/aromatic N) is 7. The Hall–Kier alpha value is -4.06. The predicted octanol–water partition coefficient (Wildman–Crippen LogP) is 4.41. The van der Waals surface area contributed by atoms with Gasteiger partial charge in [0.2, 0.25) is 5.88 Å². The van der Waals surface area contributed by atoms with Crippen LogP contribution in [0.25, 0.3) is 22.3 Å². The van der Waals surface area contributed by atoms with Gasteiger partial charge < -0.3 is 20.1 Å². The Morgan fingerprint density at radius 2 is 1.98 bits per heavy atom. The van der Waals surface area contributed by atoms with Gasteiger partial charge in [0.1, 0.15) is 23.8 Å². The summed E-state index contributed by atoms with van der Waals surface area (Å²) in [7, 11) is 0. The van der Waals surface area contributed by atoms with Gasteiger partial charge in [-0.3, -0.25) is 9.58 Å². The topological polar surface area (TPSA) is 141 Å². The summed E-state index contributed by atoms with van der Waals surface area (Å²) in [5, 5.41) is 27.8. The minimum absolute atomic E-state index is 0.0475. The van der Waals surface area contributed by atoms with Gasteiger partial charge in [-0.1, -0.05) is 0 Å². The molecule has 1 aliphatic carbocycles. The normalized spacial score (nSPS) is 21.5. The second-order valence-corrected chi connectivity index (χ2v) is 12.7. The fourth-order valence-corrected chi connectivity index (χ4v) is 6.24. The number of H-pyrrole nitrogens is 1. The Balaban J connectivity index is 1.08. The number of ether oxygens (including phenoxy) is 1. The van der Waals surface area contributed by atoms with E-state index in [0.29, 0.717) is 24.8 Å². The van der Waals surface area contributed by atoms with Crippen molar-refractivity contribution in [3.63, 3.8) is 0 Å². The molecule has 4 aromatic rings. The number of fused-ring (bicyclic) bond motifs is 1. The first-order valence-electron chi connectivity index (χ1n) is 15.0. The summed E-state index contributed by atoms with van der Waals surface area (Å²) >= 11 is 0. The molecule has 0 unspecified atom stereocenters. The molecule has 11 nitrogen and oxygen atoms in total. The molecule has 5 heterocycles. The van der Waals surface area contributed by atoms with Gasteiger partial charge >= 0.3 is 6.18 Å². The third-order valence-electron chi connectivity index (χ3n) is 8.93. The summed E-state index contributed by atoms with van der Waals surface area (Å²) in [5.74, 6) is -0.0475. The third-order valence-corrected chi connectivity index (χ3v) is 8.93. The molecule has 0 bridgehead atoms. The van der Waals surface area contributed by atoms with Crippen molar-refractivity contribution in [2.45, 2.75) is 81.9 Å². The van der Waals surface area contributed by atoms with E-state index in [1.807, 2.05) is 23.1 Å². The molecule has 4 aromatic heterocycles. The average molecular weight is 624 g/mol. The van der Waals surface area contributed by atoms with Crippen molar-refractivity contribution < 1.29 is 23.0 Å². The lowest BCUT2D eigenvalue weighted by Crippen LogP contribution is -2.58. The fraction of sp³-hybridized carbons (Fsp3) is 0.516. The number of aliphatic hydroxyl groups is 1. The van der Waals surface area contributed by atoms with E-state index in [4.69, 9.17) is 4.74 Å². The number of halogens is 3. The number of aromatic amines is 1. The number of rotatable bonds is 10. The van der Waals surface area contributed by atoms with Crippen molar-refractivity contribution in [1.82, 2.24) is 39.9 Å². The number of likely N-dealkylation sites (tertiary alicyclic amines) is 1. The van der Waals surface area contributed by atoms with E-state index in [9.17, 15) is 23.5 Å². The molecule has 0 atom stereocenters. The van der Waals surface area contributed by atoms with Crippen LogP contribution in [0.1, 0.15) is 57.2 Å². The summed E-state index contributed by atoms with van der Waals surface area (Å²) < 4.78 is 48.7. The van der Waals surface area contributed by atoms with E-state index < -0.39 is 22.9 Å². The highest BCUT2D eigenvalue weighted by Gasteiger charge is 2.49. The molecule has 1 aliphatic heterocycles. The van der Waals surface area contributed by atoms with Crippen molar-refractivity contribution in [2.24, 2.45) is 0 Å². The number of alkyl halides is 3. The second-order valence-electron chi connectivity index (χ2n) is 12.7. The lowest BCUT2D eigenvalue weighted by molar-refractivity contribution is -0.141. The van der Waals surface area contributed by atoms with Crippen LogP contribution in [0.5, 0.6) is 5.88 Å². The lowest BCUT2D eigenvalue weighted by atomic mass is 9.69. The summed E-state index contributed by atoms with van der Waals surface area (Å²) in [6.45, 7) is 4.97. The van der Waals surface area contributed by atoms with Crippen molar-refractivity contribution >= 4 is 11.0 Å². The Morgan fingerprint density at radius 1 is 1.20 bits per heavy atom. The summed E-state index contributed by atoms with van der Waals surface area (Å²) in [6, 6.07) is 7.09. The number of hydrogen-bond acceptors (Lipinski definition) is 9. The van der Waals surface area contributed by atoms with Crippen LogP contribution in [-0.2, 0) is 18.3 Å². The zero-order chi connectivity index (χ0) is 31.8. The van der Waals surface area contributed by atoms with Gasteiger partial charge in [0.15, 0.2) is 0 Å². The molecule has 3 N–H and O–H groups in total. The SMILES string of the molecule is CC(C)(CO)NCc1cc(OC2CCN([C@H]3C[C@@](CC#N)(n4cc(-c5ncnc6[nH]ccc56)cn4)C3)CC2)nc(C(F)(F)F)c1. The van der Waals surface area contributed by atoms with Gasteiger partial charge in [0.05, 0.1) is 36.5 Å². The highest BCUT2D eigenvalue weighted by molar-refractivity contribution is 5.90. The number of pyridine rings is 1. The van der Waals surface area contributed by atoms with E-state index in [1.54, 1.807) is 20.0 Å². The number of nitrogens with one attached hydrogen (secondary N) is 2. The Labute approximate surface area is 258 Å². The van der Waals surface area contributed by atoms with Crippen LogP contribution in [0, 0.1) is 11.3 Å². The van der Waals surface area contributed by atoms with Gasteiger partial charge in [0, 0.05) is 60.6 Å². The molecule has 0 amide bonds. The van der Waals surface area contributed by atoms with Gasteiger partial charge in [-0.2, -0.15) is 23.5 Å². The first-order valence-corrected chi connectivity index (χ1v) is 15.0. The Kier molecular flexibility index (Phi) is 8.28. The lowest BCUT2D eigenvalue weighted by Gasteiger charge is -2.52. The molecular formula is C31H36F3N9O2. The van der Waals surface area contributed by atoms with Crippen LogP contribution in [-0.4, -0.2) is 77.1 Å². The molecule has 1 saturated heterocycles. The summed E-state index contributed by atoms with van der Waals surface area (Å²) in [6.07, 6.45) is 5.38. The molecule has 6 rings (SSSR count). The maximum atomic E-state index is 13.6. The first kappa shape index (κ1) is 30.9. The van der Waals surface area contributed by atoms with Crippen molar-refractivity contribution in [1.29, 1.82) is 5.26 Å². The number of hydrogen-bond donors (Lipinski definition) is 3. The molecule has 0 spiro atoms. The minimum Gasteiger partial charge on any atom is -0.474 e. The van der Waals surface area contributed by atoms with Crippen molar-refractivity contribution in [2.75, 3.05) is 19.7 Å². The van der Waals surface area contributed by atoms with E-state index in [-0.39, 0.29) is 31.2 Å². The molecule has 2 fully saturated rings. The van der Waals surface area contributed by atoms with E-state index >= 15 is 0 Å². The summed E-state index contributed by atoms with van der Waals surface area (Å²) in [5.41, 5.74) is 0.719. The highest BCUT2D eigenvalue weighted by atomic mass is 19.4. The van der Waals surface area contributed by atoms with Crippen LogP contribution in [0.15, 0.2) is 43.1 Å². The number of aliphatic hydroxyl groups excluding tert-OH is 1. The summed E-state index contributed by atoms with van der Waals surface area (Å²) in [4.78, 5) is 18.0. The number of nitriles is 1. The fourth-order valence-electron chi connectivity index (χ4n) is 6.24. The average Bonchev–Trinajstić information content (AvgIpc) is 3.68.